The first-order valence-electron chi connectivity index (χ1n) is 6.88. The summed E-state index contributed by atoms with van der Waals surface area (Å²) in [6.07, 6.45) is 2.33. The highest BCUT2D eigenvalue weighted by Crippen LogP contribution is 2.16. The predicted octanol–water partition coefficient (Wildman–Crippen LogP) is 2.70. The average Bonchev–Trinajstić information content (AvgIpc) is 2.47. The van der Waals surface area contributed by atoms with Crippen LogP contribution in [-0.4, -0.2) is 32.3 Å². The molecule has 19 heavy (non-hydrogen) atoms. The lowest BCUT2D eigenvalue weighted by molar-refractivity contribution is 0.0526. The van der Waals surface area contributed by atoms with Crippen molar-refractivity contribution in [3.63, 3.8) is 0 Å². The van der Waals surface area contributed by atoms with Crippen molar-refractivity contribution in [1.29, 1.82) is 0 Å². The summed E-state index contributed by atoms with van der Waals surface area (Å²) < 4.78 is 10.4. The van der Waals surface area contributed by atoms with Gasteiger partial charge in [0.2, 0.25) is 0 Å². The van der Waals surface area contributed by atoms with Crippen LogP contribution in [-0.2, 0) is 9.47 Å². The molecule has 1 aliphatic rings. The predicted molar refractivity (Wildman–Crippen MR) is 74.4 cm³/mol. The van der Waals surface area contributed by atoms with Gasteiger partial charge in [-0.05, 0) is 43.9 Å². The van der Waals surface area contributed by atoms with Gasteiger partial charge in [-0.25, -0.2) is 4.79 Å². The molecule has 1 atom stereocenters. The summed E-state index contributed by atoms with van der Waals surface area (Å²) in [6, 6.07) is 7.44. The number of nitrogens with one attached hydrogen (secondary N) is 1. The van der Waals surface area contributed by atoms with Gasteiger partial charge >= 0.3 is 5.97 Å². The molecule has 0 bridgehead atoms. The summed E-state index contributed by atoms with van der Waals surface area (Å²) >= 11 is 0. The lowest BCUT2D eigenvalue weighted by Gasteiger charge is -2.22. The van der Waals surface area contributed by atoms with Gasteiger partial charge in [0, 0.05) is 18.8 Å². The van der Waals surface area contributed by atoms with Crippen LogP contribution in [0.25, 0.3) is 0 Å². The Hall–Kier alpha value is -1.55. The zero-order valence-electron chi connectivity index (χ0n) is 11.4. The summed E-state index contributed by atoms with van der Waals surface area (Å²) in [6.45, 7) is 4.80. The Bertz CT molecular complexity index is 414. The Morgan fingerprint density at radius 3 is 3.16 bits per heavy atom. The van der Waals surface area contributed by atoms with Crippen molar-refractivity contribution >= 4 is 11.7 Å². The first-order valence-corrected chi connectivity index (χ1v) is 6.88. The fourth-order valence-electron chi connectivity index (χ4n) is 2.20. The third kappa shape index (κ3) is 4.24. The van der Waals surface area contributed by atoms with Crippen LogP contribution in [0.3, 0.4) is 0 Å². The van der Waals surface area contributed by atoms with E-state index in [2.05, 4.69) is 5.32 Å². The average molecular weight is 263 g/mol. The van der Waals surface area contributed by atoms with Crippen LogP contribution >= 0.6 is 0 Å². The molecule has 1 N–H and O–H groups in total. The Morgan fingerprint density at radius 2 is 2.42 bits per heavy atom. The molecular formula is C15H21NO3. The van der Waals surface area contributed by atoms with E-state index in [9.17, 15) is 4.79 Å². The summed E-state index contributed by atoms with van der Waals surface area (Å²) in [7, 11) is 0. The molecule has 0 spiro atoms. The third-order valence-corrected chi connectivity index (χ3v) is 3.22. The second-order valence-electron chi connectivity index (χ2n) is 4.77. The summed E-state index contributed by atoms with van der Waals surface area (Å²) in [5, 5.41) is 3.36. The molecule has 4 nitrogen and oxygen atoms in total. The van der Waals surface area contributed by atoms with Crippen molar-refractivity contribution in [3.05, 3.63) is 29.8 Å². The number of ether oxygens (including phenoxy) is 2. The van der Waals surface area contributed by atoms with Crippen LogP contribution in [0.5, 0.6) is 0 Å². The van der Waals surface area contributed by atoms with Gasteiger partial charge in [-0.1, -0.05) is 6.07 Å². The molecule has 1 aliphatic heterocycles. The number of carbonyl (C=O) groups is 1. The van der Waals surface area contributed by atoms with Crippen molar-refractivity contribution in [3.8, 4) is 0 Å². The maximum absolute atomic E-state index is 11.6. The van der Waals surface area contributed by atoms with E-state index in [-0.39, 0.29) is 5.97 Å². The largest absolute Gasteiger partial charge is 0.462 e. The zero-order chi connectivity index (χ0) is 13.5. The number of anilines is 1. The van der Waals surface area contributed by atoms with E-state index in [1.54, 1.807) is 6.07 Å². The Labute approximate surface area is 114 Å². The summed E-state index contributed by atoms with van der Waals surface area (Å²) in [5.41, 5.74) is 1.54. The van der Waals surface area contributed by atoms with Crippen LogP contribution in [0, 0.1) is 5.92 Å². The Balaban J connectivity index is 1.89. The highest BCUT2D eigenvalue weighted by molar-refractivity contribution is 5.90. The van der Waals surface area contributed by atoms with Crippen LogP contribution in [0.2, 0.25) is 0 Å². The molecule has 4 heteroatoms. The first-order chi connectivity index (χ1) is 9.29. The molecule has 0 saturated carbocycles. The second kappa shape index (κ2) is 7.14. The van der Waals surface area contributed by atoms with Gasteiger partial charge in [-0.2, -0.15) is 0 Å². The zero-order valence-corrected chi connectivity index (χ0v) is 11.4. The normalized spacial score (nSPS) is 18.9. The molecule has 1 unspecified atom stereocenters. The quantitative estimate of drug-likeness (QED) is 0.830. The molecule has 1 aromatic rings. The molecule has 2 rings (SSSR count). The number of carbonyl (C=O) groups excluding carboxylic acids is 1. The smallest absolute Gasteiger partial charge is 0.338 e. The molecule has 0 radical (unpaired) electrons. The van der Waals surface area contributed by atoms with E-state index in [0.29, 0.717) is 18.1 Å². The number of hydrogen-bond acceptors (Lipinski definition) is 4. The molecule has 1 aromatic carbocycles. The fraction of sp³-hybridized carbons (Fsp3) is 0.533. The van der Waals surface area contributed by atoms with E-state index in [1.807, 2.05) is 25.1 Å². The van der Waals surface area contributed by atoms with Gasteiger partial charge in [0.05, 0.1) is 18.8 Å². The van der Waals surface area contributed by atoms with Crippen LogP contribution in [0.15, 0.2) is 24.3 Å². The van der Waals surface area contributed by atoms with Crippen molar-refractivity contribution in [2.45, 2.75) is 19.8 Å². The molecular weight excluding hydrogens is 242 g/mol. The minimum atomic E-state index is -0.271. The van der Waals surface area contributed by atoms with E-state index in [0.717, 1.165) is 31.9 Å². The van der Waals surface area contributed by atoms with Crippen molar-refractivity contribution in [2.75, 3.05) is 31.7 Å². The Morgan fingerprint density at radius 1 is 1.53 bits per heavy atom. The van der Waals surface area contributed by atoms with Gasteiger partial charge in [0.25, 0.3) is 0 Å². The highest BCUT2D eigenvalue weighted by Gasteiger charge is 2.13. The van der Waals surface area contributed by atoms with Crippen LogP contribution in [0.1, 0.15) is 30.1 Å². The molecule has 1 saturated heterocycles. The summed E-state index contributed by atoms with van der Waals surface area (Å²) in [4.78, 5) is 11.6. The maximum atomic E-state index is 11.6. The maximum Gasteiger partial charge on any atom is 0.338 e. The lowest BCUT2D eigenvalue weighted by Crippen LogP contribution is -2.24. The second-order valence-corrected chi connectivity index (χ2v) is 4.77. The Kier molecular flexibility index (Phi) is 5.21. The van der Waals surface area contributed by atoms with Gasteiger partial charge < -0.3 is 14.8 Å². The van der Waals surface area contributed by atoms with Crippen molar-refractivity contribution in [1.82, 2.24) is 0 Å². The van der Waals surface area contributed by atoms with Gasteiger partial charge in [0.1, 0.15) is 0 Å². The topological polar surface area (TPSA) is 47.6 Å². The fourth-order valence-corrected chi connectivity index (χ4v) is 2.20. The monoisotopic (exact) mass is 263 g/mol. The van der Waals surface area contributed by atoms with Gasteiger partial charge in [0.15, 0.2) is 0 Å². The van der Waals surface area contributed by atoms with Crippen molar-refractivity contribution < 1.29 is 14.3 Å². The standard InChI is InChI=1S/C15H21NO3/c1-2-19-15(17)13-6-3-7-14(9-13)16-10-12-5-4-8-18-11-12/h3,6-7,9,12,16H,2,4-5,8,10-11H2,1H3. The number of hydrogen-bond donors (Lipinski definition) is 1. The number of rotatable bonds is 5. The third-order valence-electron chi connectivity index (χ3n) is 3.22. The van der Waals surface area contributed by atoms with E-state index < -0.39 is 0 Å². The SMILES string of the molecule is CCOC(=O)c1cccc(NCC2CCCOC2)c1. The molecule has 104 valence electrons. The lowest BCUT2D eigenvalue weighted by atomic mass is 10.0. The van der Waals surface area contributed by atoms with E-state index in [4.69, 9.17) is 9.47 Å². The molecule has 0 aromatic heterocycles. The van der Waals surface area contributed by atoms with Gasteiger partial charge in [-0.3, -0.25) is 0 Å². The molecule has 1 fully saturated rings. The number of benzene rings is 1. The minimum Gasteiger partial charge on any atom is -0.462 e. The minimum absolute atomic E-state index is 0.271. The van der Waals surface area contributed by atoms with Crippen molar-refractivity contribution in [2.24, 2.45) is 5.92 Å². The van der Waals surface area contributed by atoms with E-state index in [1.165, 1.54) is 6.42 Å². The summed E-state index contributed by atoms with van der Waals surface area (Å²) in [5.74, 6) is 0.284. The molecule has 0 amide bonds. The van der Waals surface area contributed by atoms with Gasteiger partial charge in [-0.15, -0.1) is 0 Å². The van der Waals surface area contributed by atoms with Crippen LogP contribution < -0.4 is 5.32 Å². The first kappa shape index (κ1) is 13.9. The van der Waals surface area contributed by atoms with E-state index >= 15 is 0 Å². The molecule has 1 heterocycles. The van der Waals surface area contributed by atoms with Crippen LogP contribution in [0.4, 0.5) is 5.69 Å². The number of esters is 1. The molecule has 0 aliphatic carbocycles. The highest BCUT2D eigenvalue weighted by atomic mass is 16.5.